The zero-order valence-corrected chi connectivity index (χ0v) is 15.7. The van der Waals surface area contributed by atoms with Crippen molar-refractivity contribution >= 4 is 11.7 Å². The van der Waals surface area contributed by atoms with Crippen LogP contribution in [0.4, 0.5) is 10.5 Å². The van der Waals surface area contributed by atoms with Crippen molar-refractivity contribution in [3.8, 4) is 11.9 Å². The number of anilines is 1. The molecule has 1 aromatic carbocycles. The minimum Gasteiger partial charge on any atom is -0.474 e. The van der Waals surface area contributed by atoms with E-state index in [4.69, 9.17) is 10.00 Å². The first-order valence-corrected chi connectivity index (χ1v) is 9.20. The Balaban J connectivity index is 1.44. The second-order valence-corrected chi connectivity index (χ2v) is 7.06. The van der Waals surface area contributed by atoms with Crippen LogP contribution >= 0.6 is 0 Å². The minimum absolute atomic E-state index is 0.0889. The maximum Gasteiger partial charge on any atom is 0.319 e. The first kappa shape index (κ1) is 18.7. The third-order valence-corrected chi connectivity index (χ3v) is 4.64. The fraction of sp³-hybridized carbons (Fsp3) is 0.381. The van der Waals surface area contributed by atoms with Crippen LogP contribution in [0.5, 0.6) is 5.88 Å². The van der Waals surface area contributed by atoms with E-state index in [0.29, 0.717) is 11.4 Å². The number of aryl methyl sites for hydroxylation is 2. The number of nitrogens with zero attached hydrogens (tertiary/aromatic N) is 2. The summed E-state index contributed by atoms with van der Waals surface area (Å²) in [5.74, 6) is 0.540. The topological polar surface area (TPSA) is 87.0 Å². The Labute approximate surface area is 159 Å². The van der Waals surface area contributed by atoms with Gasteiger partial charge in [-0.3, -0.25) is 0 Å². The molecule has 0 spiro atoms. The van der Waals surface area contributed by atoms with Crippen LogP contribution in [-0.2, 0) is 0 Å². The SMILES string of the molecule is Cc1cc(C)cc(NC(=O)NC2CCC(Oc3ccc(C#N)cn3)CC2)c1. The highest BCUT2D eigenvalue weighted by Crippen LogP contribution is 2.23. The maximum absolute atomic E-state index is 12.2. The quantitative estimate of drug-likeness (QED) is 0.856. The number of aromatic nitrogens is 1. The largest absolute Gasteiger partial charge is 0.474 e. The van der Waals surface area contributed by atoms with Gasteiger partial charge in [0.05, 0.1) is 5.56 Å². The number of pyridine rings is 1. The Morgan fingerprint density at radius 3 is 2.44 bits per heavy atom. The predicted octanol–water partition coefficient (Wildman–Crippen LogP) is 4.08. The van der Waals surface area contributed by atoms with E-state index in [1.807, 2.05) is 32.0 Å². The number of carbonyl (C=O) groups is 1. The molecule has 2 aromatic rings. The molecule has 6 heteroatoms. The van der Waals surface area contributed by atoms with Gasteiger partial charge in [0, 0.05) is 24.0 Å². The summed E-state index contributed by atoms with van der Waals surface area (Å²) in [4.78, 5) is 16.4. The Bertz CT molecular complexity index is 814. The number of rotatable bonds is 4. The molecule has 1 aromatic heterocycles. The fourth-order valence-corrected chi connectivity index (χ4v) is 3.41. The van der Waals surface area contributed by atoms with Crippen LogP contribution in [0.2, 0.25) is 0 Å². The fourth-order valence-electron chi connectivity index (χ4n) is 3.41. The van der Waals surface area contributed by atoms with Gasteiger partial charge in [0.2, 0.25) is 5.88 Å². The summed E-state index contributed by atoms with van der Waals surface area (Å²) in [5.41, 5.74) is 3.58. The lowest BCUT2D eigenvalue weighted by atomic mass is 9.93. The number of hydrogen-bond donors (Lipinski definition) is 2. The Hall–Kier alpha value is -3.07. The second-order valence-electron chi connectivity index (χ2n) is 7.06. The molecule has 1 saturated carbocycles. The van der Waals surface area contributed by atoms with Crippen molar-refractivity contribution in [3.63, 3.8) is 0 Å². The van der Waals surface area contributed by atoms with E-state index in [1.165, 1.54) is 6.20 Å². The van der Waals surface area contributed by atoms with Crippen LogP contribution in [0.3, 0.4) is 0 Å². The molecule has 140 valence electrons. The molecule has 1 heterocycles. The minimum atomic E-state index is -0.168. The molecule has 2 N–H and O–H groups in total. The lowest BCUT2D eigenvalue weighted by Crippen LogP contribution is -2.41. The average molecular weight is 364 g/mol. The van der Waals surface area contributed by atoms with Crippen LogP contribution in [0, 0.1) is 25.2 Å². The third kappa shape index (κ3) is 5.45. The van der Waals surface area contributed by atoms with Gasteiger partial charge in [0.25, 0.3) is 0 Å². The number of nitrogens with one attached hydrogen (secondary N) is 2. The molecule has 27 heavy (non-hydrogen) atoms. The van der Waals surface area contributed by atoms with Crippen LogP contribution < -0.4 is 15.4 Å². The van der Waals surface area contributed by atoms with Crippen LogP contribution in [0.25, 0.3) is 0 Å². The van der Waals surface area contributed by atoms with Crippen molar-refractivity contribution in [2.45, 2.75) is 51.7 Å². The van der Waals surface area contributed by atoms with Gasteiger partial charge in [-0.2, -0.15) is 5.26 Å². The van der Waals surface area contributed by atoms with E-state index < -0.39 is 0 Å². The zero-order chi connectivity index (χ0) is 19.2. The molecule has 1 aliphatic carbocycles. The summed E-state index contributed by atoms with van der Waals surface area (Å²) in [6.45, 7) is 4.03. The summed E-state index contributed by atoms with van der Waals surface area (Å²) in [6.07, 6.45) is 5.04. The van der Waals surface area contributed by atoms with Crippen molar-refractivity contribution in [1.29, 1.82) is 5.26 Å². The standard InChI is InChI=1S/C21H24N4O2/c1-14-9-15(2)11-18(10-14)25-21(26)24-17-4-6-19(7-5-17)27-20-8-3-16(12-22)13-23-20/h3,8-11,13,17,19H,4-7H2,1-2H3,(H2,24,25,26). The Kier molecular flexibility index (Phi) is 5.92. The number of urea groups is 1. The van der Waals surface area contributed by atoms with Crippen molar-refractivity contribution in [2.75, 3.05) is 5.32 Å². The molecular weight excluding hydrogens is 340 g/mol. The second kappa shape index (κ2) is 8.54. The maximum atomic E-state index is 12.2. The average Bonchev–Trinajstić information content (AvgIpc) is 2.63. The zero-order valence-electron chi connectivity index (χ0n) is 15.7. The van der Waals surface area contributed by atoms with Gasteiger partial charge >= 0.3 is 6.03 Å². The van der Waals surface area contributed by atoms with Gasteiger partial charge in [0.1, 0.15) is 12.2 Å². The van der Waals surface area contributed by atoms with E-state index in [2.05, 4.69) is 21.7 Å². The summed E-state index contributed by atoms with van der Waals surface area (Å²) < 4.78 is 5.88. The third-order valence-electron chi connectivity index (χ3n) is 4.64. The number of benzene rings is 1. The summed E-state index contributed by atoms with van der Waals surface area (Å²) in [6, 6.07) is 11.4. The summed E-state index contributed by atoms with van der Waals surface area (Å²) >= 11 is 0. The number of ether oxygens (including phenoxy) is 1. The van der Waals surface area contributed by atoms with Gasteiger partial charge in [-0.15, -0.1) is 0 Å². The summed E-state index contributed by atoms with van der Waals surface area (Å²) in [7, 11) is 0. The van der Waals surface area contributed by atoms with Gasteiger partial charge in [-0.05, 0) is 68.9 Å². The van der Waals surface area contributed by atoms with E-state index in [9.17, 15) is 4.79 Å². The van der Waals surface area contributed by atoms with E-state index in [1.54, 1.807) is 12.1 Å². The predicted molar refractivity (Wildman–Crippen MR) is 104 cm³/mol. The highest BCUT2D eigenvalue weighted by Gasteiger charge is 2.24. The van der Waals surface area contributed by atoms with E-state index >= 15 is 0 Å². The normalized spacial score (nSPS) is 19.0. The van der Waals surface area contributed by atoms with Crippen molar-refractivity contribution in [3.05, 3.63) is 53.2 Å². The van der Waals surface area contributed by atoms with Gasteiger partial charge in [0.15, 0.2) is 0 Å². The first-order chi connectivity index (χ1) is 13.0. The summed E-state index contributed by atoms with van der Waals surface area (Å²) in [5, 5.41) is 14.8. The Morgan fingerprint density at radius 1 is 1.15 bits per heavy atom. The molecule has 1 aliphatic rings. The smallest absolute Gasteiger partial charge is 0.319 e. The number of hydrogen-bond acceptors (Lipinski definition) is 4. The van der Waals surface area contributed by atoms with Crippen molar-refractivity contribution in [2.24, 2.45) is 0 Å². The Morgan fingerprint density at radius 2 is 1.85 bits per heavy atom. The molecule has 0 atom stereocenters. The number of amides is 2. The van der Waals surface area contributed by atoms with Gasteiger partial charge < -0.3 is 15.4 Å². The first-order valence-electron chi connectivity index (χ1n) is 9.20. The van der Waals surface area contributed by atoms with Gasteiger partial charge in [-0.25, -0.2) is 9.78 Å². The van der Waals surface area contributed by atoms with Gasteiger partial charge in [-0.1, -0.05) is 6.07 Å². The van der Waals surface area contributed by atoms with Crippen LogP contribution in [0.1, 0.15) is 42.4 Å². The lowest BCUT2D eigenvalue weighted by Gasteiger charge is -2.29. The molecule has 0 bridgehead atoms. The highest BCUT2D eigenvalue weighted by atomic mass is 16.5. The van der Waals surface area contributed by atoms with E-state index in [-0.39, 0.29) is 18.2 Å². The molecule has 1 fully saturated rings. The molecular formula is C21H24N4O2. The van der Waals surface area contributed by atoms with Crippen LogP contribution in [-0.4, -0.2) is 23.2 Å². The van der Waals surface area contributed by atoms with Crippen molar-refractivity contribution < 1.29 is 9.53 Å². The number of carbonyl (C=O) groups excluding carboxylic acids is 1. The highest BCUT2D eigenvalue weighted by molar-refractivity contribution is 5.89. The molecule has 0 unspecified atom stereocenters. The van der Waals surface area contributed by atoms with E-state index in [0.717, 1.165) is 42.5 Å². The van der Waals surface area contributed by atoms with Crippen LogP contribution in [0.15, 0.2) is 36.5 Å². The monoisotopic (exact) mass is 364 g/mol. The molecule has 2 amide bonds. The van der Waals surface area contributed by atoms with Crippen molar-refractivity contribution in [1.82, 2.24) is 10.3 Å². The molecule has 0 radical (unpaired) electrons. The number of nitriles is 1. The molecule has 6 nitrogen and oxygen atoms in total. The molecule has 3 rings (SSSR count). The molecule has 0 aliphatic heterocycles. The lowest BCUT2D eigenvalue weighted by molar-refractivity contribution is 0.135. The molecule has 0 saturated heterocycles.